The van der Waals surface area contributed by atoms with Crippen molar-refractivity contribution >= 4 is 0 Å². The molecule has 16 heavy (non-hydrogen) atoms. The minimum atomic E-state index is -0.522. The van der Waals surface area contributed by atoms with E-state index < -0.39 is 5.79 Å². The van der Waals surface area contributed by atoms with Crippen molar-refractivity contribution < 1.29 is 9.47 Å². The smallest absolute Gasteiger partial charge is 0.171 e. The molecule has 2 unspecified atom stereocenters. The summed E-state index contributed by atoms with van der Waals surface area (Å²) in [6.07, 6.45) is 0.181. The van der Waals surface area contributed by atoms with Crippen molar-refractivity contribution in [3.63, 3.8) is 0 Å². The fourth-order valence-electron chi connectivity index (χ4n) is 2.82. The first-order valence-electron chi connectivity index (χ1n) is 6.17. The van der Waals surface area contributed by atoms with Gasteiger partial charge in [-0.05, 0) is 24.7 Å². The largest absolute Gasteiger partial charge is 0.353 e. The molecule has 2 heteroatoms. The molecule has 0 aliphatic carbocycles. The van der Waals surface area contributed by atoms with Crippen LogP contribution in [-0.2, 0) is 9.47 Å². The lowest BCUT2D eigenvalue weighted by Gasteiger charge is -2.65. The molecule has 96 valence electrons. The molecule has 2 atom stereocenters. The fourth-order valence-corrected chi connectivity index (χ4v) is 2.82. The van der Waals surface area contributed by atoms with Crippen molar-refractivity contribution in [3.05, 3.63) is 0 Å². The summed E-state index contributed by atoms with van der Waals surface area (Å²) in [4.78, 5) is 0. The lowest BCUT2D eigenvalue weighted by Crippen LogP contribution is -2.67. The Labute approximate surface area is 101 Å². The highest BCUT2D eigenvalue weighted by Crippen LogP contribution is 2.62. The van der Waals surface area contributed by atoms with Gasteiger partial charge in [0.25, 0.3) is 0 Å². The lowest BCUT2D eigenvalue weighted by molar-refractivity contribution is -0.376. The zero-order valence-corrected chi connectivity index (χ0v) is 12.4. The molecule has 1 aliphatic heterocycles. The average Bonchev–Trinajstić information content (AvgIpc) is 2.14. The third-order valence-electron chi connectivity index (χ3n) is 6.12. The average molecular weight is 228 g/mol. The Balaban J connectivity index is 3.32. The van der Waals surface area contributed by atoms with Crippen LogP contribution in [0, 0.1) is 16.2 Å². The molecule has 0 aromatic rings. The molecule has 0 N–H and O–H groups in total. The highest BCUT2D eigenvalue weighted by molar-refractivity contribution is 5.08. The summed E-state index contributed by atoms with van der Waals surface area (Å²) in [7, 11) is 1.74. The van der Waals surface area contributed by atoms with Gasteiger partial charge in [0.15, 0.2) is 5.79 Å². The second-order valence-corrected chi connectivity index (χ2v) is 6.88. The van der Waals surface area contributed by atoms with Crippen LogP contribution in [0.15, 0.2) is 0 Å². The predicted octanol–water partition coefficient (Wildman–Crippen LogP) is 3.85. The lowest BCUT2D eigenvalue weighted by atomic mass is 9.49. The van der Waals surface area contributed by atoms with Gasteiger partial charge in [0.05, 0.1) is 6.10 Å². The highest BCUT2D eigenvalue weighted by atomic mass is 16.7. The number of hydrogen-bond donors (Lipinski definition) is 0. The Hall–Kier alpha value is -0.0800. The van der Waals surface area contributed by atoms with Crippen LogP contribution in [0.1, 0.15) is 55.4 Å². The Bertz CT molecular complexity index is 272. The van der Waals surface area contributed by atoms with E-state index in [1.54, 1.807) is 7.11 Å². The number of ether oxygens (including phenoxy) is 2. The van der Waals surface area contributed by atoms with Gasteiger partial charge in [0.2, 0.25) is 0 Å². The minimum Gasteiger partial charge on any atom is -0.353 e. The van der Waals surface area contributed by atoms with E-state index in [-0.39, 0.29) is 22.3 Å². The van der Waals surface area contributed by atoms with Crippen LogP contribution in [0.2, 0.25) is 0 Å². The SMILES string of the molecule is COC1(C)OC(C)C(C)(C)C(C)(C)C1(C)C. The van der Waals surface area contributed by atoms with Gasteiger partial charge in [0, 0.05) is 12.5 Å². The van der Waals surface area contributed by atoms with Crippen LogP contribution in [0.25, 0.3) is 0 Å². The predicted molar refractivity (Wildman–Crippen MR) is 67.3 cm³/mol. The summed E-state index contributed by atoms with van der Waals surface area (Å²) in [6.45, 7) is 17.9. The van der Waals surface area contributed by atoms with Gasteiger partial charge in [-0.15, -0.1) is 0 Å². The zero-order valence-electron chi connectivity index (χ0n) is 12.4. The fraction of sp³-hybridized carbons (Fsp3) is 1.00. The zero-order chi connectivity index (χ0) is 13.0. The number of hydrogen-bond acceptors (Lipinski definition) is 2. The maximum Gasteiger partial charge on any atom is 0.171 e. The molecule has 0 aromatic heterocycles. The molecule has 1 heterocycles. The van der Waals surface area contributed by atoms with Gasteiger partial charge in [-0.3, -0.25) is 0 Å². The second-order valence-electron chi connectivity index (χ2n) is 6.88. The quantitative estimate of drug-likeness (QED) is 0.678. The first-order chi connectivity index (χ1) is 6.94. The molecule has 0 saturated carbocycles. The van der Waals surface area contributed by atoms with E-state index in [2.05, 4.69) is 55.4 Å². The first-order valence-corrected chi connectivity index (χ1v) is 6.17. The molecule has 0 radical (unpaired) electrons. The summed E-state index contributed by atoms with van der Waals surface area (Å²) < 4.78 is 11.8. The topological polar surface area (TPSA) is 18.5 Å². The Morgan fingerprint density at radius 1 is 0.875 bits per heavy atom. The van der Waals surface area contributed by atoms with Gasteiger partial charge in [0.1, 0.15) is 0 Å². The summed E-state index contributed by atoms with van der Waals surface area (Å²) in [5.41, 5.74) is 0.196. The van der Waals surface area contributed by atoms with Crippen molar-refractivity contribution in [3.8, 4) is 0 Å². The van der Waals surface area contributed by atoms with Crippen molar-refractivity contribution in [2.45, 2.75) is 67.3 Å². The molecule has 1 rings (SSSR count). The molecule has 2 nitrogen and oxygen atoms in total. The van der Waals surface area contributed by atoms with Crippen LogP contribution in [0.3, 0.4) is 0 Å². The molecule has 1 aliphatic rings. The maximum absolute atomic E-state index is 6.17. The Kier molecular flexibility index (Phi) is 3.02. The molecule has 1 saturated heterocycles. The number of rotatable bonds is 1. The normalized spacial score (nSPS) is 40.7. The number of methoxy groups -OCH3 is 1. The summed E-state index contributed by atoms with van der Waals surface area (Å²) in [5, 5.41) is 0. The molecule has 0 aromatic carbocycles. The van der Waals surface area contributed by atoms with Crippen LogP contribution >= 0.6 is 0 Å². The van der Waals surface area contributed by atoms with E-state index in [1.807, 2.05) is 0 Å². The Morgan fingerprint density at radius 3 is 1.69 bits per heavy atom. The van der Waals surface area contributed by atoms with Crippen molar-refractivity contribution in [2.75, 3.05) is 7.11 Å². The molecule has 0 bridgehead atoms. The molecule has 0 spiro atoms. The highest BCUT2D eigenvalue weighted by Gasteiger charge is 2.64. The van der Waals surface area contributed by atoms with Crippen molar-refractivity contribution in [2.24, 2.45) is 16.2 Å². The van der Waals surface area contributed by atoms with E-state index in [0.717, 1.165) is 0 Å². The van der Waals surface area contributed by atoms with Crippen LogP contribution in [0.4, 0.5) is 0 Å². The standard InChI is InChI=1S/C14H28O2/c1-10-11(2,3)12(4,5)13(6,7)14(8,15-9)16-10/h10H,1-9H3. The third kappa shape index (κ3) is 1.39. The first kappa shape index (κ1) is 14.0. The van der Waals surface area contributed by atoms with E-state index in [0.29, 0.717) is 0 Å². The maximum atomic E-state index is 6.17. The van der Waals surface area contributed by atoms with E-state index in [9.17, 15) is 0 Å². The molecular weight excluding hydrogens is 200 g/mol. The Morgan fingerprint density at radius 2 is 1.31 bits per heavy atom. The van der Waals surface area contributed by atoms with Gasteiger partial charge >= 0.3 is 0 Å². The van der Waals surface area contributed by atoms with Gasteiger partial charge in [-0.1, -0.05) is 41.5 Å². The summed E-state index contributed by atoms with van der Waals surface area (Å²) in [6, 6.07) is 0. The van der Waals surface area contributed by atoms with Crippen LogP contribution < -0.4 is 0 Å². The van der Waals surface area contributed by atoms with Gasteiger partial charge in [-0.25, -0.2) is 0 Å². The summed E-state index contributed by atoms with van der Waals surface area (Å²) >= 11 is 0. The molecule has 0 amide bonds. The monoisotopic (exact) mass is 228 g/mol. The van der Waals surface area contributed by atoms with Gasteiger partial charge < -0.3 is 9.47 Å². The molecule has 1 fully saturated rings. The second kappa shape index (κ2) is 3.46. The van der Waals surface area contributed by atoms with Crippen LogP contribution in [-0.4, -0.2) is 19.0 Å². The van der Waals surface area contributed by atoms with Crippen LogP contribution in [0.5, 0.6) is 0 Å². The third-order valence-corrected chi connectivity index (χ3v) is 6.12. The van der Waals surface area contributed by atoms with E-state index >= 15 is 0 Å². The minimum absolute atomic E-state index is 0.0508. The van der Waals surface area contributed by atoms with E-state index in [4.69, 9.17) is 9.47 Å². The van der Waals surface area contributed by atoms with Crippen molar-refractivity contribution in [1.82, 2.24) is 0 Å². The molecular formula is C14H28O2. The van der Waals surface area contributed by atoms with Crippen molar-refractivity contribution in [1.29, 1.82) is 0 Å². The summed E-state index contributed by atoms with van der Waals surface area (Å²) in [5.74, 6) is -0.522. The van der Waals surface area contributed by atoms with E-state index in [1.165, 1.54) is 0 Å². The van der Waals surface area contributed by atoms with Gasteiger partial charge in [-0.2, -0.15) is 0 Å².